The normalized spacial score (nSPS) is 30.6. The second-order valence-corrected chi connectivity index (χ2v) is 17.6. The van der Waals surface area contributed by atoms with E-state index in [0.29, 0.717) is 23.7 Å². The number of hydrogen-bond acceptors (Lipinski definition) is 2. The van der Waals surface area contributed by atoms with E-state index in [1.807, 2.05) is 0 Å². The highest BCUT2D eigenvalue weighted by molar-refractivity contribution is 6.26. The smallest absolute Gasteiger partial charge is 0.0995 e. The molecule has 0 spiro atoms. The van der Waals surface area contributed by atoms with Crippen LogP contribution in [0.2, 0.25) is 0 Å². The highest BCUT2D eigenvalue weighted by atomic mass is 14.9. The lowest BCUT2D eigenvalue weighted by Gasteiger charge is -2.38. The van der Waals surface area contributed by atoms with Crippen molar-refractivity contribution in [3.8, 4) is 23.3 Å². The average molecular weight is 636 g/mol. The fraction of sp³-hybridized carbons (Fsp3) is 0.435. The van der Waals surface area contributed by atoms with Gasteiger partial charge in [0, 0.05) is 21.5 Å². The lowest BCUT2D eigenvalue weighted by molar-refractivity contribution is 0.166. The molecule has 3 heteroatoms. The number of fused-ring (bicyclic) bond motifs is 6. The van der Waals surface area contributed by atoms with Crippen molar-refractivity contribution in [2.45, 2.75) is 102 Å². The summed E-state index contributed by atoms with van der Waals surface area (Å²) in [7, 11) is 0. The number of benzene rings is 4. The van der Waals surface area contributed by atoms with Gasteiger partial charge in [0.2, 0.25) is 0 Å². The standard InChI is InChI=1S/C46H41N3/c1-22-4-3-5-23(2)39(22)32-16-35-44-37(18-33(20-47)40-28-8-24-6-25(9-28)13-30(12-24)42(40)44)49-38-19-34(21-48)41-29-10-26-7-27(11-29)15-31(14-26)43(41)45(38)36(17-32)46(35)49/h3-5,16-19,24-31H,6-15H2,1-2H3. The summed E-state index contributed by atoms with van der Waals surface area (Å²) < 4.78 is 2.54. The van der Waals surface area contributed by atoms with Crippen LogP contribution >= 0.6 is 0 Å². The van der Waals surface area contributed by atoms with E-state index in [1.54, 1.807) is 0 Å². The Bertz CT molecular complexity index is 2370. The van der Waals surface area contributed by atoms with Crippen molar-refractivity contribution in [1.29, 1.82) is 10.5 Å². The largest absolute Gasteiger partial charge is 0.308 e. The van der Waals surface area contributed by atoms with Crippen LogP contribution < -0.4 is 0 Å². The summed E-state index contributed by atoms with van der Waals surface area (Å²) in [5.41, 5.74) is 16.7. The molecule has 0 amide bonds. The Morgan fingerprint density at radius 1 is 0.551 bits per heavy atom. The Morgan fingerprint density at radius 3 is 1.37 bits per heavy atom. The van der Waals surface area contributed by atoms with Crippen LogP contribution in [-0.4, -0.2) is 4.40 Å². The number of aromatic nitrogens is 1. The minimum absolute atomic E-state index is 0.506. The fourth-order valence-corrected chi connectivity index (χ4v) is 13.9. The Balaban J connectivity index is 1.30. The van der Waals surface area contributed by atoms with E-state index in [1.165, 1.54) is 147 Å². The lowest BCUT2D eigenvalue weighted by atomic mass is 9.67. The van der Waals surface area contributed by atoms with Gasteiger partial charge in [-0.15, -0.1) is 0 Å². The molecule has 4 atom stereocenters. The van der Waals surface area contributed by atoms with Gasteiger partial charge < -0.3 is 4.40 Å². The molecule has 8 bridgehead atoms. The maximum atomic E-state index is 10.8. The predicted molar refractivity (Wildman–Crippen MR) is 197 cm³/mol. The molecule has 4 aromatic carbocycles. The van der Waals surface area contributed by atoms with Crippen molar-refractivity contribution in [1.82, 2.24) is 4.40 Å². The summed E-state index contributed by atoms with van der Waals surface area (Å²) in [6.07, 6.45) is 12.9. The molecule has 6 aromatic rings. The molecule has 0 saturated heterocycles. The van der Waals surface area contributed by atoms with E-state index >= 15 is 0 Å². The third kappa shape index (κ3) is 3.38. The molecule has 2 heterocycles. The Kier molecular flexibility index (Phi) is 5.19. The van der Waals surface area contributed by atoms with Gasteiger partial charge in [0.15, 0.2) is 0 Å². The van der Waals surface area contributed by atoms with Crippen molar-refractivity contribution in [2.24, 2.45) is 23.7 Å². The van der Waals surface area contributed by atoms with Crippen molar-refractivity contribution in [2.75, 3.05) is 0 Å². The summed E-state index contributed by atoms with van der Waals surface area (Å²) in [6, 6.07) is 21.9. The Labute approximate surface area is 287 Å². The van der Waals surface area contributed by atoms with Crippen LogP contribution in [0.15, 0.2) is 42.5 Å². The predicted octanol–water partition coefficient (Wildman–Crippen LogP) is 11.6. The highest BCUT2D eigenvalue weighted by Gasteiger charge is 2.46. The van der Waals surface area contributed by atoms with Gasteiger partial charge in [-0.2, -0.15) is 10.5 Å². The minimum Gasteiger partial charge on any atom is -0.308 e. The van der Waals surface area contributed by atoms with E-state index in [9.17, 15) is 10.5 Å². The molecule has 49 heavy (non-hydrogen) atoms. The number of nitriles is 2. The molecule has 8 aliphatic rings. The fourth-order valence-electron chi connectivity index (χ4n) is 13.9. The second kappa shape index (κ2) is 9.25. The zero-order chi connectivity index (χ0) is 32.4. The van der Waals surface area contributed by atoms with Gasteiger partial charge in [0.25, 0.3) is 0 Å². The van der Waals surface area contributed by atoms with Gasteiger partial charge in [-0.1, -0.05) is 18.2 Å². The third-order valence-corrected chi connectivity index (χ3v) is 15.0. The molecule has 240 valence electrons. The molecule has 8 aliphatic carbocycles. The van der Waals surface area contributed by atoms with Crippen LogP contribution in [0, 0.1) is 60.2 Å². The van der Waals surface area contributed by atoms with Gasteiger partial charge in [0.1, 0.15) is 0 Å². The summed E-state index contributed by atoms with van der Waals surface area (Å²) in [6.45, 7) is 4.54. The molecule has 2 aromatic heterocycles. The number of rotatable bonds is 1. The van der Waals surface area contributed by atoms with Gasteiger partial charge >= 0.3 is 0 Å². The first-order valence-corrected chi connectivity index (χ1v) is 19.2. The molecule has 4 saturated carbocycles. The molecule has 0 N–H and O–H groups in total. The summed E-state index contributed by atoms with van der Waals surface area (Å²) in [4.78, 5) is 0. The minimum atomic E-state index is 0.506. The maximum Gasteiger partial charge on any atom is 0.0995 e. The molecule has 3 nitrogen and oxygen atoms in total. The van der Waals surface area contributed by atoms with Gasteiger partial charge in [0.05, 0.1) is 39.8 Å². The summed E-state index contributed by atoms with van der Waals surface area (Å²) >= 11 is 0. The first kappa shape index (κ1) is 27.5. The van der Waals surface area contributed by atoms with Crippen LogP contribution in [-0.2, 0) is 0 Å². The van der Waals surface area contributed by atoms with Gasteiger partial charge in [-0.3, -0.25) is 0 Å². The monoisotopic (exact) mass is 635 g/mol. The number of hydrogen-bond donors (Lipinski definition) is 0. The van der Waals surface area contributed by atoms with Crippen LogP contribution in [0.1, 0.15) is 132 Å². The lowest BCUT2D eigenvalue weighted by Crippen LogP contribution is -2.25. The quantitative estimate of drug-likeness (QED) is 0.180. The molecule has 4 unspecified atom stereocenters. The van der Waals surface area contributed by atoms with E-state index in [4.69, 9.17) is 0 Å². The molecule has 4 fully saturated rings. The Morgan fingerprint density at radius 2 is 0.959 bits per heavy atom. The summed E-state index contributed by atoms with van der Waals surface area (Å²) in [5.74, 6) is 5.23. The number of nitrogens with zero attached hydrogens (tertiary/aromatic N) is 3. The first-order chi connectivity index (χ1) is 24.0. The SMILES string of the molecule is Cc1cccc(C)c1-c1cc2c3c4c(c(C#N)cc3n3c5cc(C#N)c6c(c5c(c1)c23)C1CC2CC(CC6C2)C1)C1CC2CC(C1)CC4C2. The molecular weight excluding hydrogens is 595 g/mol. The molecular formula is C46H41N3. The van der Waals surface area contributed by atoms with Crippen LogP contribution in [0.5, 0.6) is 0 Å². The average Bonchev–Trinajstić information content (AvgIpc) is 3.44. The van der Waals surface area contributed by atoms with Crippen LogP contribution in [0.3, 0.4) is 0 Å². The molecule has 14 rings (SSSR count). The van der Waals surface area contributed by atoms with Gasteiger partial charge in [-0.05, 0) is 194 Å². The second-order valence-electron chi connectivity index (χ2n) is 17.6. The molecule has 0 aliphatic heterocycles. The zero-order valence-electron chi connectivity index (χ0n) is 28.6. The maximum absolute atomic E-state index is 10.8. The van der Waals surface area contributed by atoms with Crippen molar-refractivity contribution in [3.63, 3.8) is 0 Å². The van der Waals surface area contributed by atoms with Crippen molar-refractivity contribution >= 4 is 38.1 Å². The highest BCUT2D eigenvalue weighted by Crippen LogP contribution is 2.62. The van der Waals surface area contributed by atoms with E-state index in [0.717, 1.165) is 34.8 Å². The van der Waals surface area contributed by atoms with E-state index in [-0.39, 0.29) is 0 Å². The third-order valence-electron chi connectivity index (χ3n) is 15.0. The molecule has 0 radical (unpaired) electrons. The van der Waals surface area contributed by atoms with E-state index < -0.39 is 0 Å². The van der Waals surface area contributed by atoms with Crippen molar-refractivity contribution < 1.29 is 0 Å². The van der Waals surface area contributed by atoms with E-state index in [2.05, 4.69) is 72.9 Å². The zero-order valence-corrected chi connectivity index (χ0v) is 28.6. The Hall–Kier alpha value is -4.34. The van der Waals surface area contributed by atoms with Gasteiger partial charge in [-0.25, -0.2) is 0 Å². The topological polar surface area (TPSA) is 52.0 Å². The van der Waals surface area contributed by atoms with Crippen LogP contribution in [0.25, 0.3) is 49.2 Å². The van der Waals surface area contributed by atoms with Crippen molar-refractivity contribution in [3.05, 3.63) is 87.0 Å². The van der Waals surface area contributed by atoms with Crippen LogP contribution in [0.4, 0.5) is 0 Å². The summed E-state index contributed by atoms with van der Waals surface area (Å²) in [5, 5.41) is 27.3. The number of aryl methyl sites for hydroxylation is 2. The first-order valence-electron chi connectivity index (χ1n) is 19.2.